The molecule has 1 atom stereocenters. The van der Waals surface area contributed by atoms with Crippen molar-refractivity contribution in [3.63, 3.8) is 0 Å². The molecule has 0 unspecified atom stereocenters. The predicted molar refractivity (Wildman–Crippen MR) is 85.1 cm³/mol. The zero-order valence-corrected chi connectivity index (χ0v) is 12.7. The number of nitrogens with zero attached hydrogens (tertiary/aromatic N) is 3. The molecule has 0 radical (unpaired) electrons. The summed E-state index contributed by atoms with van der Waals surface area (Å²) in [6.07, 6.45) is 1.56. The van der Waals surface area contributed by atoms with Gasteiger partial charge in [0.25, 0.3) is 5.56 Å². The van der Waals surface area contributed by atoms with E-state index in [9.17, 15) is 4.79 Å². The first-order chi connectivity index (χ1) is 10.3. The van der Waals surface area contributed by atoms with Crippen molar-refractivity contribution in [1.29, 1.82) is 0 Å². The number of hydrogen-bond acceptors (Lipinski definition) is 5. The van der Waals surface area contributed by atoms with E-state index in [0.717, 1.165) is 22.3 Å². The molecule has 1 aliphatic rings. The Morgan fingerprint density at radius 2 is 2.24 bits per heavy atom. The quantitative estimate of drug-likeness (QED) is 0.594. The van der Waals surface area contributed by atoms with E-state index in [1.165, 1.54) is 4.90 Å². The Kier molecular flexibility index (Phi) is 3.23. The number of rotatable bonds is 3. The average molecular weight is 316 g/mol. The molecular weight excluding hydrogens is 304 g/mol. The topological polar surface area (TPSA) is 63.6 Å². The van der Waals surface area contributed by atoms with Gasteiger partial charge in [0.05, 0.1) is 12.2 Å². The van der Waals surface area contributed by atoms with Gasteiger partial charge in [-0.15, -0.1) is 11.8 Å². The molecular formula is C14H12N4OS2. The first-order valence-corrected chi connectivity index (χ1v) is 8.56. The summed E-state index contributed by atoms with van der Waals surface area (Å²) in [4.78, 5) is 17.3. The second kappa shape index (κ2) is 5.23. The van der Waals surface area contributed by atoms with E-state index < -0.39 is 0 Å². The average Bonchev–Trinajstić information content (AvgIpc) is 3.12. The molecule has 3 heterocycles. The minimum absolute atomic E-state index is 0.200. The molecule has 0 fully saturated rings. The van der Waals surface area contributed by atoms with Gasteiger partial charge < -0.3 is 4.57 Å². The molecule has 0 bridgehead atoms. The second-order valence-electron chi connectivity index (χ2n) is 4.79. The van der Waals surface area contributed by atoms with Gasteiger partial charge in [-0.3, -0.25) is 9.89 Å². The molecule has 0 spiro atoms. The lowest BCUT2D eigenvalue weighted by molar-refractivity contribution is 0.585. The molecule has 0 amide bonds. The molecule has 1 aliphatic heterocycles. The van der Waals surface area contributed by atoms with Crippen LogP contribution >= 0.6 is 23.5 Å². The standard InChI is InChI=1S/C14H12N4OS2/c19-13-11-6-15-17-12(11)18-9(8-21-14(18)16-13)7-20-10-4-2-1-3-5-10/h1-6,9H,7-8H2,(H,15,17)/t9-/m0/s1. The lowest BCUT2D eigenvalue weighted by Crippen LogP contribution is -2.17. The molecule has 0 aliphatic carbocycles. The number of aromatic nitrogens is 4. The molecule has 3 aromatic rings. The number of H-pyrrole nitrogens is 1. The predicted octanol–water partition coefficient (Wildman–Crippen LogP) is 2.56. The van der Waals surface area contributed by atoms with Crippen LogP contribution in [-0.2, 0) is 0 Å². The molecule has 0 saturated carbocycles. The van der Waals surface area contributed by atoms with E-state index >= 15 is 0 Å². The molecule has 2 aromatic heterocycles. The number of thioether (sulfide) groups is 2. The summed E-state index contributed by atoms with van der Waals surface area (Å²) < 4.78 is 2.12. The fourth-order valence-corrected chi connectivity index (χ4v) is 4.72. The second-order valence-corrected chi connectivity index (χ2v) is 6.87. The van der Waals surface area contributed by atoms with Gasteiger partial charge in [0.15, 0.2) is 5.16 Å². The number of fused-ring (bicyclic) bond motifs is 3. The number of nitrogens with one attached hydrogen (secondary N) is 1. The Labute approximate surface area is 129 Å². The van der Waals surface area contributed by atoms with Crippen LogP contribution in [0.25, 0.3) is 11.0 Å². The largest absolute Gasteiger partial charge is 0.300 e. The summed E-state index contributed by atoms with van der Waals surface area (Å²) in [7, 11) is 0. The maximum atomic E-state index is 11.9. The van der Waals surface area contributed by atoms with Gasteiger partial charge in [-0.05, 0) is 12.1 Å². The van der Waals surface area contributed by atoms with Crippen LogP contribution in [0.15, 0.2) is 51.4 Å². The molecule has 5 nitrogen and oxygen atoms in total. The van der Waals surface area contributed by atoms with Crippen molar-refractivity contribution in [1.82, 2.24) is 19.7 Å². The van der Waals surface area contributed by atoms with Crippen molar-refractivity contribution < 1.29 is 0 Å². The van der Waals surface area contributed by atoms with Gasteiger partial charge in [-0.25, -0.2) is 0 Å². The zero-order chi connectivity index (χ0) is 14.2. The van der Waals surface area contributed by atoms with Crippen LogP contribution in [0.1, 0.15) is 6.04 Å². The number of benzene rings is 1. The van der Waals surface area contributed by atoms with Crippen LogP contribution in [0.4, 0.5) is 0 Å². The molecule has 21 heavy (non-hydrogen) atoms. The summed E-state index contributed by atoms with van der Waals surface area (Å²) >= 11 is 3.46. The van der Waals surface area contributed by atoms with Crippen LogP contribution in [0.5, 0.6) is 0 Å². The van der Waals surface area contributed by atoms with E-state index in [0.29, 0.717) is 11.4 Å². The van der Waals surface area contributed by atoms with E-state index in [-0.39, 0.29) is 5.56 Å². The lowest BCUT2D eigenvalue weighted by atomic mass is 10.3. The lowest BCUT2D eigenvalue weighted by Gasteiger charge is -2.14. The Morgan fingerprint density at radius 1 is 1.38 bits per heavy atom. The number of aromatic amines is 1. The highest BCUT2D eigenvalue weighted by Gasteiger charge is 2.26. The Hall–Kier alpha value is -1.73. The summed E-state index contributed by atoms with van der Waals surface area (Å²) in [5.41, 5.74) is 0.586. The van der Waals surface area contributed by atoms with E-state index in [2.05, 4.69) is 31.9 Å². The van der Waals surface area contributed by atoms with Crippen LogP contribution in [0.2, 0.25) is 0 Å². The Bertz CT molecular complexity index is 843. The van der Waals surface area contributed by atoms with Crippen LogP contribution in [0, 0.1) is 0 Å². The summed E-state index contributed by atoms with van der Waals surface area (Å²) in [6.45, 7) is 0. The van der Waals surface area contributed by atoms with E-state index in [4.69, 9.17) is 0 Å². The minimum Gasteiger partial charge on any atom is -0.300 e. The van der Waals surface area contributed by atoms with E-state index in [1.807, 2.05) is 30.0 Å². The monoisotopic (exact) mass is 316 g/mol. The molecule has 4 rings (SSSR count). The Balaban J connectivity index is 1.67. The van der Waals surface area contributed by atoms with Crippen molar-refractivity contribution >= 4 is 34.6 Å². The first kappa shape index (κ1) is 13.0. The van der Waals surface area contributed by atoms with Gasteiger partial charge in [0, 0.05) is 16.4 Å². The highest BCUT2D eigenvalue weighted by atomic mass is 32.2. The third-order valence-corrected chi connectivity index (χ3v) is 5.70. The smallest absolute Gasteiger partial charge is 0.284 e. The molecule has 1 N–H and O–H groups in total. The molecule has 1 aromatic carbocycles. The van der Waals surface area contributed by atoms with Crippen LogP contribution in [-0.4, -0.2) is 31.3 Å². The Morgan fingerprint density at radius 3 is 3.10 bits per heavy atom. The fourth-order valence-electron chi connectivity index (χ4n) is 2.43. The van der Waals surface area contributed by atoms with Crippen molar-refractivity contribution in [2.45, 2.75) is 16.1 Å². The zero-order valence-electron chi connectivity index (χ0n) is 11.0. The van der Waals surface area contributed by atoms with Crippen molar-refractivity contribution in [3.05, 3.63) is 46.9 Å². The highest BCUT2D eigenvalue weighted by molar-refractivity contribution is 8.00. The third-order valence-electron chi connectivity index (χ3n) is 3.45. The van der Waals surface area contributed by atoms with Gasteiger partial charge in [0.1, 0.15) is 11.0 Å². The van der Waals surface area contributed by atoms with Crippen molar-refractivity contribution in [2.75, 3.05) is 11.5 Å². The SMILES string of the molecule is O=c1nc2n(c3[nH]ncc13)[C@@H](CSc1ccccc1)CS2. The molecule has 0 saturated heterocycles. The van der Waals surface area contributed by atoms with Gasteiger partial charge in [-0.2, -0.15) is 10.1 Å². The first-order valence-electron chi connectivity index (χ1n) is 6.59. The maximum absolute atomic E-state index is 11.9. The summed E-state index contributed by atoms with van der Waals surface area (Å²) in [5.74, 6) is 1.88. The molecule has 106 valence electrons. The molecule has 7 heteroatoms. The van der Waals surface area contributed by atoms with Gasteiger partial charge >= 0.3 is 0 Å². The van der Waals surface area contributed by atoms with E-state index in [1.54, 1.807) is 18.0 Å². The highest BCUT2D eigenvalue weighted by Crippen LogP contribution is 2.36. The van der Waals surface area contributed by atoms with Gasteiger partial charge in [-0.1, -0.05) is 30.0 Å². The fraction of sp³-hybridized carbons (Fsp3) is 0.214. The van der Waals surface area contributed by atoms with Crippen LogP contribution in [0.3, 0.4) is 0 Å². The van der Waals surface area contributed by atoms with Gasteiger partial charge in [0.2, 0.25) is 0 Å². The minimum atomic E-state index is -0.200. The number of hydrogen-bond donors (Lipinski definition) is 1. The summed E-state index contributed by atoms with van der Waals surface area (Å²) in [6, 6.07) is 10.7. The third kappa shape index (κ3) is 2.26. The normalized spacial score (nSPS) is 17.2. The summed E-state index contributed by atoms with van der Waals surface area (Å²) in [5, 5.41) is 8.28. The van der Waals surface area contributed by atoms with Crippen molar-refractivity contribution in [3.8, 4) is 0 Å². The van der Waals surface area contributed by atoms with Crippen molar-refractivity contribution in [2.24, 2.45) is 0 Å². The van der Waals surface area contributed by atoms with Crippen LogP contribution < -0.4 is 5.56 Å². The maximum Gasteiger partial charge on any atom is 0.284 e.